The summed E-state index contributed by atoms with van der Waals surface area (Å²) >= 11 is 0. The number of rotatable bonds is 3. The maximum absolute atomic E-state index is 12.5. The number of carbonyl (C=O) groups excluding carboxylic acids is 1. The summed E-state index contributed by atoms with van der Waals surface area (Å²) in [6, 6.07) is 7.60. The van der Waals surface area contributed by atoms with Gasteiger partial charge in [-0.1, -0.05) is 24.3 Å². The Balaban J connectivity index is 2.13. The Labute approximate surface area is 89.3 Å². The lowest BCUT2D eigenvalue weighted by Crippen LogP contribution is -2.25. The van der Waals surface area contributed by atoms with Crippen LogP contribution in [0.2, 0.25) is 0 Å². The lowest BCUT2D eigenvalue weighted by Gasteiger charge is -2.35. The van der Waals surface area contributed by atoms with Crippen molar-refractivity contribution in [3.05, 3.63) is 35.4 Å². The zero-order valence-corrected chi connectivity index (χ0v) is 8.87. The monoisotopic (exact) mass is 206 g/mol. The summed E-state index contributed by atoms with van der Waals surface area (Å²) < 4.78 is 12.5. The number of hydrogen-bond donors (Lipinski definition) is 0. The van der Waals surface area contributed by atoms with Gasteiger partial charge in [0.05, 0.1) is 6.67 Å². The molecule has 1 aromatic rings. The molecular weight excluding hydrogens is 191 g/mol. The van der Waals surface area contributed by atoms with Crippen molar-refractivity contribution in [1.82, 2.24) is 0 Å². The van der Waals surface area contributed by atoms with E-state index in [0.29, 0.717) is 5.92 Å². The smallest absolute Gasteiger partial charge is 0.159 e. The second-order valence-corrected chi connectivity index (χ2v) is 4.28. The summed E-state index contributed by atoms with van der Waals surface area (Å²) in [4.78, 5) is 11.1. The highest BCUT2D eigenvalue weighted by Gasteiger charge is 2.31. The highest BCUT2D eigenvalue weighted by atomic mass is 19.1. The molecule has 0 N–H and O–H groups in total. The summed E-state index contributed by atoms with van der Waals surface area (Å²) in [5.74, 6) is 0.654. The van der Waals surface area contributed by atoms with Gasteiger partial charge in [-0.05, 0) is 37.2 Å². The second kappa shape index (κ2) is 4.13. The quantitative estimate of drug-likeness (QED) is 0.693. The number of halogens is 1. The zero-order chi connectivity index (χ0) is 10.8. The molecule has 80 valence electrons. The predicted octanol–water partition coefficient (Wildman–Crippen LogP) is 3.35. The van der Waals surface area contributed by atoms with Crippen LogP contribution >= 0.6 is 0 Å². The summed E-state index contributed by atoms with van der Waals surface area (Å²) in [5.41, 5.74) is 1.91. The fourth-order valence-corrected chi connectivity index (χ4v) is 2.16. The Morgan fingerprint density at radius 3 is 2.40 bits per heavy atom. The molecule has 0 bridgehead atoms. The van der Waals surface area contributed by atoms with Crippen molar-refractivity contribution in [1.29, 1.82) is 0 Å². The highest BCUT2D eigenvalue weighted by molar-refractivity contribution is 5.94. The molecule has 0 saturated heterocycles. The molecule has 0 heterocycles. The molecule has 1 fully saturated rings. The van der Waals surface area contributed by atoms with Crippen molar-refractivity contribution in [2.75, 3.05) is 6.67 Å². The van der Waals surface area contributed by atoms with E-state index in [2.05, 4.69) is 0 Å². The van der Waals surface area contributed by atoms with E-state index < -0.39 is 0 Å². The second-order valence-electron chi connectivity index (χ2n) is 4.28. The van der Waals surface area contributed by atoms with Crippen molar-refractivity contribution in [2.45, 2.75) is 25.7 Å². The van der Waals surface area contributed by atoms with Crippen LogP contribution in [-0.2, 0) is 0 Å². The SMILES string of the molecule is CC(=O)c1ccc(C2CCC2CF)cc1. The van der Waals surface area contributed by atoms with E-state index in [4.69, 9.17) is 0 Å². The van der Waals surface area contributed by atoms with Crippen molar-refractivity contribution in [3.63, 3.8) is 0 Å². The molecule has 1 aliphatic carbocycles. The lowest BCUT2D eigenvalue weighted by molar-refractivity contribution is 0.101. The van der Waals surface area contributed by atoms with Crippen LogP contribution in [0.1, 0.15) is 41.6 Å². The van der Waals surface area contributed by atoms with Crippen molar-refractivity contribution < 1.29 is 9.18 Å². The molecule has 0 radical (unpaired) electrons. The van der Waals surface area contributed by atoms with Gasteiger partial charge in [0.25, 0.3) is 0 Å². The molecule has 1 saturated carbocycles. The van der Waals surface area contributed by atoms with Crippen LogP contribution in [0.4, 0.5) is 4.39 Å². The third-order valence-corrected chi connectivity index (χ3v) is 3.36. The first kappa shape index (κ1) is 10.3. The molecular formula is C13H15FO. The normalized spacial score (nSPS) is 24.7. The van der Waals surface area contributed by atoms with Crippen molar-refractivity contribution in [3.8, 4) is 0 Å². The minimum atomic E-state index is -0.223. The van der Waals surface area contributed by atoms with Crippen LogP contribution < -0.4 is 0 Å². The third-order valence-electron chi connectivity index (χ3n) is 3.36. The minimum Gasteiger partial charge on any atom is -0.295 e. The maximum Gasteiger partial charge on any atom is 0.159 e. The van der Waals surface area contributed by atoms with E-state index in [9.17, 15) is 9.18 Å². The van der Waals surface area contributed by atoms with Crippen LogP contribution in [0, 0.1) is 5.92 Å². The molecule has 0 amide bonds. The van der Waals surface area contributed by atoms with Gasteiger partial charge in [-0.3, -0.25) is 9.18 Å². The molecule has 1 aliphatic rings. The average molecular weight is 206 g/mol. The van der Waals surface area contributed by atoms with Gasteiger partial charge in [-0.15, -0.1) is 0 Å². The number of alkyl halides is 1. The van der Waals surface area contributed by atoms with E-state index >= 15 is 0 Å². The number of hydrogen-bond acceptors (Lipinski definition) is 1. The van der Waals surface area contributed by atoms with Gasteiger partial charge in [0.15, 0.2) is 5.78 Å². The summed E-state index contributed by atoms with van der Waals surface area (Å²) in [5, 5.41) is 0. The largest absolute Gasteiger partial charge is 0.295 e. The van der Waals surface area contributed by atoms with Gasteiger partial charge in [0.2, 0.25) is 0 Å². The summed E-state index contributed by atoms with van der Waals surface area (Å²) in [7, 11) is 0. The molecule has 1 nitrogen and oxygen atoms in total. The molecule has 1 aromatic carbocycles. The average Bonchev–Trinajstić information content (AvgIpc) is 2.17. The molecule has 2 rings (SSSR count). The minimum absolute atomic E-state index is 0.0807. The predicted molar refractivity (Wildman–Crippen MR) is 57.9 cm³/mol. The van der Waals surface area contributed by atoms with Crippen LogP contribution in [0.15, 0.2) is 24.3 Å². The first-order chi connectivity index (χ1) is 7.22. The fraction of sp³-hybridized carbons (Fsp3) is 0.462. The van der Waals surface area contributed by atoms with Crippen molar-refractivity contribution in [2.24, 2.45) is 5.92 Å². The lowest BCUT2D eigenvalue weighted by atomic mass is 9.70. The molecule has 15 heavy (non-hydrogen) atoms. The molecule has 2 heteroatoms. The first-order valence-corrected chi connectivity index (χ1v) is 5.39. The van der Waals surface area contributed by atoms with Crippen LogP contribution in [0.25, 0.3) is 0 Å². The van der Waals surface area contributed by atoms with Crippen molar-refractivity contribution >= 4 is 5.78 Å². The molecule has 0 aliphatic heterocycles. The molecule has 2 atom stereocenters. The van der Waals surface area contributed by atoms with Crippen LogP contribution in [-0.4, -0.2) is 12.5 Å². The van der Waals surface area contributed by atoms with Gasteiger partial charge in [-0.2, -0.15) is 0 Å². The zero-order valence-electron chi connectivity index (χ0n) is 8.87. The molecule has 0 aromatic heterocycles. The fourth-order valence-electron chi connectivity index (χ4n) is 2.16. The summed E-state index contributed by atoms with van der Waals surface area (Å²) in [6.45, 7) is 1.34. The first-order valence-electron chi connectivity index (χ1n) is 5.39. The topological polar surface area (TPSA) is 17.1 Å². The van der Waals surface area contributed by atoms with Gasteiger partial charge < -0.3 is 0 Å². The van der Waals surface area contributed by atoms with Crippen LogP contribution in [0.5, 0.6) is 0 Å². The number of benzene rings is 1. The van der Waals surface area contributed by atoms with Crippen LogP contribution in [0.3, 0.4) is 0 Å². The van der Waals surface area contributed by atoms with Gasteiger partial charge in [0, 0.05) is 5.56 Å². The Kier molecular flexibility index (Phi) is 2.85. The van der Waals surface area contributed by atoms with Gasteiger partial charge in [0.1, 0.15) is 0 Å². The Hall–Kier alpha value is -1.18. The highest BCUT2D eigenvalue weighted by Crippen LogP contribution is 2.42. The van der Waals surface area contributed by atoms with E-state index in [0.717, 1.165) is 18.4 Å². The van der Waals surface area contributed by atoms with E-state index in [1.807, 2.05) is 24.3 Å². The van der Waals surface area contributed by atoms with E-state index in [-0.39, 0.29) is 18.4 Å². The Morgan fingerprint density at radius 2 is 2.00 bits per heavy atom. The van der Waals surface area contributed by atoms with Gasteiger partial charge >= 0.3 is 0 Å². The standard InChI is InChI=1S/C13H15FO/c1-9(15)10-2-4-11(5-3-10)13-7-6-12(13)8-14/h2-5,12-13H,6-8H2,1H3. The third kappa shape index (κ3) is 1.94. The maximum atomic E-state index is 12.5. The van der Waals surface area contributed by atoms with E-state index in [1.165, 1.54) is 5.56 Å². The Bertz CT molecular complexity index is 353. The molecule has 0 spiro atoms. The van der Waals surface area contributed by atoms with Gasteiger partial charge in [-0.25, -0.2) is 0 Å². The number of ketones is 1. The molecule has 2 unspecified atom stereocenters. The van der Waals surface area contributed by atoms with E-state index in [1.54, 1.807) is 6.92 Å². The number of Topliss-reactive ketones (excluding diaryl/α,β-unsaturated/α-hetero) is 1. The summed E-state index contributed by atoms with van der Waals surface area (Å²) in [6.07, 6.45) is 2.07. The Morgan fingerprint density at radius 1 is 1.33 bits per heavy atom. The number of carbonyl (C=O) groups is 1.